The number of hydrogen-bond acceptors (Lipinski definition) is 2. The van der Waals surface area contributed by atoms with Gasteiger partial charge in [0.2, 0.25) is 5.43 Å². The number of halogens is 1. The van der Waals surface area contributed by atoms with Crippen molar-refractivity contribution in [3.05, 3.63) is 44.7 Å². The van der Waals surface area contributed by atoms with Crippen molar-refractivity contribution in [1.29, 1.82) is 5.26 Å². The van der Waals surface area contributed by atoms with Gasteiger partial charge in [0.1, 0.15) is 11.6 Å². The van der Waals surface area contributed by atoms with Crippen molar-refractivity contribution < 1.29 is 0 Å². The Kier molecular flexibility index (Phi) is 3.30. The van der Waals surface area contributed by atoms with Crippen LogP contribution >= 0.6 is 15.9 Å². The van der Waals surface area contributed by atoms with E-state index in [0.717, 1.165) is 23.0 Å². The SMILES string of the molecule is CCCn1cc(C#N)c(=O)c2cc(Br)ccc21. The van der Waals surface area contributed by atoms with Crippen molar-refractivity contribution in [2.24, 2.45) is 0 Å². The quantitative estimate of drug-likeness (QED) is 0.853. The highest BCUT2D eigenvalue weighted by Gasteiger charge is 2.08. The highest BCUT2D eigenvalue weighted by atomic mass is 79.9. The molecule has 0 N–H and O–H groups in total. The van der Waals surface area contributed by atoms with Crippen LogP contribution in [0.4, 0.5) is 0 Å². The monoisotopic (exact) mass is 290 g/mol. The Balaban J connectivity index is 2.88. The molecule has 86 valence electrons. The van der Waals surface area contributed by atoms with Crippen molar-refractivity contribution in [3.63, 3.8) is 0 Å². The molecule has 17 heavy (non-hydrogen) atoms. The second-order valence-corrected chi connectivity index (χ2v) is 4.75. The number of nitriles is 1. The number of benzene rings is 1. The van der Waals surface area contributed by atoms with Gasteiger partial charge in [0.05, 0.1) is 5.52 Å². The molecule has 0 spiro atoms. The first kappa shape index (κ1) is 11.9. The molecule has 0 saturated carbocycles. The van der Waals surface area contributed by atoms with Gasteiger partial charge < -0.3 is 4.57 Å². The molecule has 4 heteroatoms. The van der Waals surface area contributed by atoms with E-state index in [2.05, 4.69) is 22.9 Å². The number of pyridine rings is 1. The van der Waals surface area contributed by atoms with Crippen molar-refractivity contribution in [1.82, 2.24) is 4.57 Å². The number of aryl methyl sites for hydroxylation is 1. The minimum atomic E-state index is -0.198. The fraction of sp³-hybridized carbons (Fsp3) is 0.231. The third-order valence-corrected chi connectivity index (χ3v) is 3.12. The van der Waals surface area contributed by atoms with Crippen LogP contribution in [0.3, 0.4) is 0 Å². The Bertz CT molecular complexity index is 667. The maximum Gasteiger partial charge on any atom is 0.207 e. The molecular formula is C13H11BrN2O. The van der Waals surface area contributed by atoms with Gasteiger partial charge in [-0.05, 0) is 24.6 Å². The number of aromatic nitrogens is 1. The Morgan fingerprint density at radius 1 is 1.47 bits per heavy atom. The summed E-state index contributed by atoms with van der Waals surface area (Å²) in [4.78, 5) is 12.0. The highest BCUT2D eigenvalue weighted by molar-refractivity contribution is 9.10. The van der Waals surface area contributed by atoms with Gasteiger partial charge in [0.25, 0.3) is 0 Å². The van der Waals surface area contributed by atoms with Crippen molar-refractivity contribution >= 4 is 26.8 Å². The molecular weight excluding hydrogens is 280 g/mol. The molecule has 0 radical (unpaired) electrons. The Morgan fingerprint density at radius 2 is 2.24 bits per heavy atom. The maximum atomic E-state index is 12.0. The molecule has 0 unspecified atom stereocenters. The normalized spacial score (nSPS) is 10.4. The van der Waals surface area contributed by atoms with Gasteiger partial charge in [-0.2, -0.15) is 5.26 Å². The van der Waals surface area contributed by atoms with E-state index in [9.17, 15) is 4.79 Å². The zero-order valence-corrected chi connectivity index (χ0v) is 11.0. The summed E-state index contributed by atoms with van der Waals surface area (Å²) >= 11 is 3.35. The number of nitrogens with zero attached hydrogens (tertiary/aromatic N) is 2. The van der Waals surface area contributed by atoms with Crippen LogP contribution in [0.15, 0.2) is 33.7 Å². The first-order chi connectivity index (χ1) is 8.17. The van der Waals surface area contributed by atoms with Crippen LogP contribution in [0.2, 0.25) is 0 Å². The Morgan fingerprint density at radius 3 is 2.88 bits per heavy atom. The van der Waals surface area contributed by atoms with Gasteiger partial charge in [-0.1, -0.05) is 22.9 Å². The average molecular weight is 291 g/mol. The van der Waals surface area contributed by atoms with E-state index in [1.54, 1.807) is 12.3 Å². The zero-order chi connectivity index (χ0) is 12.4. The predicted molar refractivity (Wildman–Crippen MR) is 70.9 cm³/mol. The number of rotatable bonds is 2. The zero-order valence-electron chi connectivity index (χ0n) is 9.40. The van der Waals surface area contributed by atoms with E-state index in [0.29, 0.717) is 5.39 Å². The second-order valence-electron chi connectivity index (χ2n) is 3.84. The lowest BCUT2D eigenvalue weighted by Crippen LogP contribution is -2.12. The minimum Gasteiger partial charge on any atom is -0.346 e. The smallest absolute Gasteiger partial charge is 0.207 e. The van der Waals surface area contributed by atoms with Gasteiger partial charge in [-0.25, -0.2) is 0 Å². The van der Waals surface area contributed by atoms with E-state index < -0.39 is 0 Å². The van der Waals surface area contributed by atoms with Crippen LogP contribution in [0.25, 0.3) is 10.9 Å². The molecule has 0 aliphatic heterocycles. The van der Waals surface area contributed by atoms with E-state index in [-0.39, 0.29) is 11.0 Å². The fourth-order valence-corrected chi connectivity index (χ4v) is 2.24. The Labute approximate surface area is 107 Å². The fourth-order valence-electron chi connectivity index (χ4n) is 1.88. The summed E-state index contributed by atoms with van der Waals surface area (Å²) in [6, 6.07) is 7.53. The molecule has 1 heterocycles. The minimum absolute atomic E-state index is 0.198. The summed E-state index contributed by atoms with van der Waals surface area (Å²) in [5, 5.41) is 9.55. The summed E-state index contributed by atoms with van der Waals surface area (Å²) < 4.78 is 2.81. The summed E-state index contributed by atoms with van der Waals surface area (Å²) in [6.07, 6.45) is 2.60. The summed E-state index contributed by atoms with van der Waals surface area (Å²) in [7, 11) is 0. The predicted octanol–water partition coefficient (Wildman–Crippen LogP) is 3.05. The van der Waals surface area contributed by atoms with Crippen LogP contribution < -0.4 is 5.43 Å². The van der Waals surface area contributed by atoms with Crippen LogP contribution in [0, 0.1) is 11.3 Å². The molecule has 0 amide bonds. The molecule has 0 saturated heterocycles. The lowest BCUT2D eigenvalue weighted by atomic mass is 10.1. The van der Waals surface area contributed by atoms with E-state index in [1.165, 1.54) is 0 Å². The summed E-state index contributed by atoms with van der Waals surface area (Å²) in [6.45, 7) is 2.86. The molecule has 1 aromatic heterocycles. The third kappa shape index (κ3) is 2.11. The first-order valence-corrected chi connectivity index (χ1v) is 6.19. The molecule has 0 aliphatic carbocycles. The second kappa shape index (κ2) is 4.72. The van der Waals surface area contributed by atoms with Crippen molar-refractivity contribution in [3.8, 4) is 6.07 Å². The van der Waals surface area contributed by atoms with Gasteiger partial charge in [0, 0.05) is 22.6 Å². The molecule has 2 rings (SSSR count). The van der Waals surface area contributed by atoms with Crippen LogP contribution in [-0.4, -0.2) is 4.57 Å². The van der Waals surface area contributed by atoms with Gasteiger partial charge in [-0.15, -0.1) is 0 Å². The van der Waals surface area contributed by atoms with E-state index >= 15 is 0 Å². The lowest BCUT2D eigenvalue weighted by molar-refractivity contribution is 0.696. The largest absolute Gasteiger partial charge is 0.346 e. The highest BCUT2D eigenvalue weighted by Crippen LogP contribution is 2.18. The van der Waals surface area contributed by atoms with E-state index in [1.807, 2.05) is 22.8 Å². The van der Waals surface area contributed by atoms with Crippen LogP contribution in [0.5, 0.6) is 0 Å². The van der Waals surface area contributed by atoms with E-state index in [4.69, 9.17) is 5.26 Å². The molecule has 3 nitrogen and oxygen atoms in total. The Hall–Kier alpha value is -1.60. The average Bonchev–Trinajstić information content (AvgIpc) is 2.33. The molecule has 0 atom stereocenters. The third-order valence-electron chi connectivity index (χ3n) is 2.63. The molecule has 0 aliphatic rings. The maximum absolute atomic E-state index is 12.0. The number of fused-ring (bicyclic) bond motifs is 1. The lowest BCUT2D eigenvalue weighted by Gasteiger charge is -2.10. The molecule has 1 aromatic carbocycles. The van der Waals surface area contributed by atoms with Gasteiger partial charge in [-0.3, -0.25) is 4.79 Å². The van der Waals surface area contributed by atoms with Crippen LogP contribution in [0.1, 0.15) is 18.9 Å². The molecule has 0 bridgehead atoms. The number of hydrogen-bond donors (Lipinski definition) is 0. The topological polar surface area (TPSA) is 45.8 Å². The summed E-state index contributed by atoms with van der Waals surface area (Å²) in [5.41, 5.74) is 0.874. The molecule has 0 fully saturated rings. The van der Waals surface area contributed by atoms with Gasteiger partial charge >= 0.3 is 0 Å². The van der Waals surface area contributed by atoms with Crippen molar-refractivity contribution in [2.75, 3.05) is 0 Å². The van der Waals surface area contributed by atoms with Crippen LogP contribution in [-0.2, 0) is 6.54 Å². The molecule has 2 aromatic rings. The first-order valence-electron chi connectivity index (χ1n) is 5.40. The summed E-state index contributed by atoms with van der Waals surface area (Å²) in [5.74, 6) is 0. The standard InChI is InChI=1S/C13H11BrN2O/c1-2-5-16-8-9(7-15)13(17)11-6-10(14)3-4-12(11)16/h3-4,6,8H,2,5H2,1H3. The van der Waals surface area contributed by atoms with Crippen molar-refractivity contribution in [2.45, 2.75) is 19.9 Å². The van der Waals surface area contributed by atoms with Gasteiger partial charge in [0.15, 0.2) is 0 Å².